The number of piperidine rings is 3. The standard InChI is InChI=1S/C15H23N3O2S.C15H25N3O2S.C14H23N3O2S.C13H22N4O2S.C13H15N3O2S/c16-13-6-7-14(17-8-2-1-3-9-17)15(12-13)21(19,20)18-10-4-5-11-18;1-3-17(4-2)14-9-8-13(16)12-15(14)21(19,20)18-10-6-5-7-11-18;1-11-6-8-17(9-7-11)13-5-4-12(15)10-14(13)20(18,19)16(2)3;1-15(2)20(18,19)13-10-11(14)4-5-12(13)17-8-6-16(3)7-9-17;1-16(11-5-3-2-4-6-11)19(17,18)13-9-10(14)7-8-12(13)15/h6-7,12H,1-5,8-11,16H2;8-9,12H,3-7,10-11,16H2,1-2H3;4-5,10-11H,6-9,15H2,1-3H3;4-5,10H,6-9,14H2,1-3H3;2-9H,14-15H2,1H3. The van der Waals surface area contributed by atoms with Gasteiger partial charge in [-0.1, -0.05) is 31.5 Å². The number of rotatable bonds is 17. The summed E-state index contributed by atoms with van der Waals surface area (Å²) in [5.41, 5.74) is 40.7. The van der Waals surface area contributed by atoms with E-state index in [9.17, 15) is 42.1 Å². The molecule has 101 heavy (non-hydrogen) atoms. The van der Waals surface area contributed by atoms with Crippen LogP contribution in [0.2, 0.25) is 0 Å². The first-order valence-corrected chi connectivity index (χ1v) is 41.7. The lowest BCUT2D eigenvalue weighted by atomic mass is 9.99. The molecule has 5 fully saturated rings. The molecule has 0 saturated carbocycles. The Labute approximate surface area is 602 Å². The lowest BCUT2D eigenvalue weighted by molar-refractivity contribution is 0.312. The van der Waals surface area contributed by atoms with E-state index in [-0.39, 0.29) is 15.5 Å². The van der Waals surface area contributed by atoms with E-state index in [1.165, 1.54) is 52.6 Å². The zero-order chi connectivity index (χ0) is 74.2. The highest BCUT2D eigenvalue weighted by atomic mass is 32.2. The van der Waals surface area contributed by atoms with Crippen LogP contribution >= 0.6 is 0 Å². The van der Waals surface area contributed by atoms with Crippen LogP contribution in [0, 0.1) is 5.92 Å². The molecule has 0 unspecified atom stereocenters. The van der Waals surface area contributed by atoms with Crippen molar-refractivity contribution in [1.82, 2.24) is 22.1 Å². The van der Waals surface area contributed by atoms with E-state index in [2.05, 4.69) is 38.5 Å². The van der Waals surface area contributed by atoms with Crippen molar-refractivity contribution in [3.63, 3.8) is 0 Å². The van der Waals surface area contributed by atoms with Gasteiger partial charge < -0.3 is 58.9 Å². The Hall–Kier alpha value is -7.33. The van der Waals surface area contributed by atoms with Crippen LogP contribution in [0.15, 0.2) is 146 Å². The summed E-state index contributed by atoms with van der Waals surface area (Å²) in [4.78, 5) is 12.0. The van der Waals surface area contributed by atoms with Gasteiger partial charge in [0.05, 0.1) is 34.1 Å². The second-order valence-electron chi connectivity index (χ2n) is 26.3. The molecule has 0 aliphatic carbocycles. The van der Waals surface area contributed by atoms with Gasteiger partial charge in [-0.25, -0.2) is 50.7 Å². The molecule has 0 bridgehead atoms. The summed E-state index contributed by atoms with van der Waals surface area (Å²) in [6.07, 6.45) is 10.5. The third-order valence-electron chi connectivity index (χ3n) is 18.6. The molecule has 0 amide bonds. The molecule has 0 atom stereocenters. The molecule has 31 heteroatoms. The number of nitrogen functional groups attached to an aromatic ring is 6. The molecular formula is C70H108N16O10S5. The van der Waals surface area contributed by atoms with Gasteiger partial charge in [0.2, 0.25) is 40.1 Å². The molecule has 6 aromatic carbocycles. The number of nitrogens with zero attached hydrogens (tertiary/aromatic N) is 10. The monoisotopic (exact) mass is 1490 g/mol. The Morgan fingerprint density at radius 2 is 0.743 bits per heavy atom. The first-order chi connectivity index (χ1) is 47.7. The molecule has 11 rings (SSSR count). The maximum atomic E-state index is 12.9. The summed E-state index contributed by atoms with van der Waals surface area (Å²) in [5.74, 6) is 0.703. The van der Waals surface area contributed by atoms with Crippen molar-refractivity contribution in [2.24, 2.45) is 5.92 Å². The van der Waals surface area contributed by atoms with Gasteiger partial charge in [-0.2, -0.15) is 8.61 Å². The molecule has 12 N–H and O–H groups in total. The van der Waals surface area contributed by atoms with E-state index in [4.69, 9.17) is 34.4 Å². The zero-order valence-corrected chi connectivity index (χ0v) is 64.2. The first-order valence-electron chi connectivity index (χ1n) is 34.5. The van der Waals surface area contributed by atoms with Crippen LogP contribution in [-0.2, 0) is 50.1 Å². The molecule has 5 saturated heterocycles. The number of nitrogens with two attached hydrogens (primary N) is 6. The van der Waals surface area contributed by atoms with Gasteiger partial charge in [0.1, 0.15) is 24.5 Å². The minimum Gasteiger partial charge on any atom is -0.399 e. The minimum absolute atomic E-state index is 0.0128. The minimum atomic E-state index is -3.72. The number of sulfonamides is 5. The fraction of sp³-hybridized carbons (Fsp3) is 0.486. The lowest BCUT2D eigenvalue weighted by Gasteiger charge is -2.35. The van der Waals surface area contributed by atoms with Gasteiger partial charge in [0, 0.05) is 155 Å². The Morgan fingerprint density at radius 1 is 0.386 bits per heavy atom. The van der Waals surface area contributed by atoms with Crippen LogP contribution in [0.4, 0.5) is 62.6 Å². The summed E-state index contributed by atoms with van der Waals surface area (Å²) in [5, 5.41) is 0. The Bertz CT molecular complexity index is 4190. The predicted octanol–water partition coefficient (Wildman–Crippen LogP) is 8.04. The Kier molecular flexibility index (Phi) is 28.6. The van der Waals surface area contributed by atoms with Crippen molar-refractivity contribution in [3.8, 4) is 0 Å². The number of likely N-dealkylation sites (N-methyl/N-ethyl adjacent to an activating group) is 1. The number of hydrogen-bond donors (Lipinski definition) is 6. The molecule has 558 valence electrons. The van der Waals surface area contributed by atoms with Crippen molar-refractivity contribution < 1.29 is 42.1 Å². The molecule has 5 aliphatic rings. The van der Waals surface area contributed by atoms with Crippen LogP contribution in [-0.4, -0.2) is 198 Å². The van der Waals surface area contributed by atoms with E-state index >= 15 is 0 Å². The van der Waals surface area contributed by atoms with Crippen LogP contribution in [0.5, 0.6) is 0 Å². The van der Waals surface area contributed by atoms with E-state index < -0.39 is 50.1 Å². The number of piperazine rings is 1. The number of benzene rings is 6. The summed E-state index contributed by atoms with van der Waals surface area (Å²) >= 11 is 0. The third kappa shape index (κ3) is 20.5. The second-order valence-corrected chi connectivity index (χ2v) is 36.3. The molecule has 0 aromatic heterocycles. The van der Waals surface area contributed by atoms with Crippen LogP contribution < -0.4 is 58.3 Å². The lowest BCUT2D eigenvalue weighted by Crippen LogP contribution is -2.45. The molecule has 26 nitrogen and oxygen atoms in total. The fourth-order valence-corrected chi connectivity index (χ4v) is 19.5. The average molecular weight is 1490 g/mol. The van der Waals surface area contributed by atoms with Crippen LogP contribution in [0.1, 0.15) is 85.0 Å². The highest BCUT2D eigenvalue weighted by molar-refractivity contribution is 7.93. The molecule has 5 heterocycles. The van der Waals surface area contributed by atoms with Crippen molar-refractivity contribution >= 4 is 113 Å². The van der Waals surface area contributed by atoms with Crippen molar-refractivity contribution in [2.45, 2.75) is 109 Å². The quantitative estimate of drug-likeness (QED) is 0.0470. The number of hydrogen-bond acceptors (Lipinski definition) is 21. The number of para-hydroxylation sites is 1. The molecule has 0 spiro atoms. The summed E-state index contributed by atoms with van der Waals surface area (Å²) in [7, 11) is -7.89. The van der Waals surface area contributed by atoms with E-state index in [1.54, 1.807) is 108 Å². The third-order valence-corrected chi connectivity index (χ3v) is 28.0. The van der Waals surface area contributed by atoms with Gasteiger partial charge in [-0.3, -0.25) is 4.31 Å². The Morgan fingerprint density at radius 3 is 1.19 bits per heavy atom. The molecule has 5 aliphatic heterocycles. The van der Waals surface area contributed by atoms with E-state index in [0.29, 0.717) is 80.9 Å². The van der Waals surface area contributed by atoms with Gasteiger partial charge in [-0.05, 0) is 188 Å². The second kappa shape index (κ2) is 35.7. The highest BCUT2D eigenvalue weighted by Gasteiger charge is 2.34. The topological polar surface area (TPSA) is 359 Å². The smallest absolute Gasteiger partial charge is 0.266 e. The average Bonchev–Trinajstić information content (AvgIpc) is 1.52. The van der Waals surface area contributed by atoms with Crippen molar-refractivity contribution in [3.05, 3.63) is 121 Å². The van der Waals surface area contributed by atoms with Gasteiger partial charge in [0.15, 0.2) is 0 Å². The summed E-state index contributed by atoms with van der Waals surface area (Å²) in [6, 6.07) is 33.9. The summed E-state index contributed by atoms with van der Waals surface area (Å²) < 4.78 is 133. The molecular weight excluding hydrogens is 1390 g/mol. The van der Waals surface area contributed by atoms with Gasteiger partial charge in [0.25, 0.3) is 10.0 Å². The van der Waals surface area contributed by atoms with E-state index in [1.807, 2.05) is 38.1 Å². The fourth-order valence-electron chi connectivity index (χ4n) is 12.4. The normalized spacial score (nSPS) is 17.0. The van der Waals surface area contributed by atoms with Crippen LogP contribution in [0.25, 0.3) is 0 Å². The van der Waals surface area contributed by atoms with Crippen molar-refractivity contribution in [2.75, 3.05) is 192 Å². The Balaban J connectivity index is 0.000000177. The maximum Gasteiger partial charge on any atom is 0.266 e. The van der Waals surface area contributed by atoms with Crippen molar-refractivity contribution in [1.29, 1.82) is 0 Å². The number of anilines is 11. The first kappa shape index (κ1) is 81.0. The molecule has 6 aromatic rings. The van der Waals surface area contributed by atoms with Gasteiger partial charge in [-0.15, -0.1) is 0 Å². The molecule has 0 radical (unpaired) electrons. The SMILES string of the molecule is CC1CCN(c2ccc(N)cc2S(=O)(=O)N(C)C)CC1.CCN(CC)c1ccc(N)cc1S(=O)(=O)N1CCCCC1.CN(c1ccccc1)S(=O)(=O)c1cc(N)ccc1N.CN1CCN(c2ccc(N)cc2S(=O)(=O)N(C)C)CC1.Nc1ccc(N2CCCCC2)c(S(=O)(=O)N2CCCC2)c1. The summed E-state index contributed by atoms with van der Waals surface area (Å²) in [6.45, 7) is 17.4. The van der Waals surface area contributed by atoms with Crippen LogP contribution in [0.3, 0.4) is 0 Å². The predicted molar refractivity (Wildman–Crippen MR) is 413 cm³/mol. The van der Waals surface area contributed by atoms with Gasteiger partial charge >= 0.3 is 0 Å². The maximum absolute atomic E-state index is 12.9. The largest absolute Gasteiger partial charge is 0.399 e. The van der Waals surface area contributed by atoms with E-state index in [0.717, 1.165) is 146 Å². The highest BCUT2D eigenvalue weighted by Crippen LogP contribution is 2.37. The zero-order valence-electron chi connectivity index (χ0n) is 60.2.